The van der Waals surface area contributed by atoms with Crippen molar-refractivity contribution < 1.29 is 17.6 Å². The van der Waals surface area contributed by atoms with Crippen molar-refractivity contribution in [2.24, 2.45) is 5.73 Å². The smallest absolute Gasteiger partial charge is 0.244 e. The van der Waals surface area contributed by atoms with Crippen molar-refractivity contribution in [3.63, 3.8) is 0 Å². The molecule has 0 aliphatic rings. The van der Waals surface area contributed by atoms with Crippen LogP contribution in [0.2, 0.25) is 0 Å². The van der Waals surface area contributed by atoms with Gasteiger partial charge >= 0.3 is 0 Å². The van der Waals surface area contributed by atoms with Gasteiger partial charge in [0.1, 0.15) is 5.82 Å². The summed E-state index contributed by atoms with van der Waals surface area (Å²) in [6.07, 6.45) is 0. The topological polar surface area (TPSA) is 80.5 Å². The quantitative estimate of drug-likeness (QED) is 0.871. The SMILES string of the molecule is CC(C)N(CC(N)=O)S(=O)(=O)c1ccc(F)cc1Br. The maximum Gasteiger partial charge on any atom is 0.244 e. The number of amides is 1. The molecular formula is C11H14BrFN2O3S. The molecule has 0 atom stereocenters. The summed E-state index contributed by atoms with van der Waals surface area (Å²) in [7, 11) is -3.92. The van der Waals surface area contributed by atoms with E-state index in [4.69, 9.17) is 5.73 Å². The Morgan fingerprint density at radius 3 is 2.47 bits per heavy atom. The molecule has 0 saturated heterocycles. The molecule has 5 nitrogen and oxygen atoms in total. The molecule has 0 aromatic heterocycles. The highest BCUT2D eigenvalue weighted by atomic mass is 79.9. The van der Waals surface area contributed by atoms with Gasteiger partial charge in [-0.1, -0.05) is 0 Å². The van der Waals surface area contributed by atoms with E-state index in [1.54, 1.807) is 13.8 Å². The van der Waals surface area contributed by atoms with Crippen LogP contribution in [0.15, 0.2) is 27.6 Å². The van der Waals surface area contributed by atoms with Crippen LogP contribution < -0.4 is 5.73 Å². The number of rotatable bonds is 5. The predicted molar refractivity (Wildman–Crippen MR) is 72.3 cm³/mol. The van der Waals surface area contributed by atoms with Crippen molar-refractivity contribution in [1.82, 2.24) is 4.31 Å². The molecule has 0 radical (unpaired) electrons. The van der Waals surface area contributed by atoms with Gasteiger partial charge in [-0.25, -0.2) is 12.8 Å². The fourth-order valence-electron chi connectivity index (χ4n) is 1.51. The molecule has 0 unspecified atom stereocenters. The van der Waals surface area contributed by atoms with Crippen LogP contribution in [0.3, 0.4) is 0 Å². The molecule has 0 bridgehead atoms. The maximum absolute atomic E-state index is 13.0. The Hall–Kier alpha value is -0.990. The van der Waals surface area contributed by atoms with E-state index in [1.807, 2.05) is 0 Å². The lowest BCUT2D eigenvalue weighted by Crippen LogP contribution is -2.42. The third-order valence-electron chi connectivity index (χ3n) is 2.37. The van der Waals surface area contributed by atoms with Gasteiger partial charge in [-0.2, -0.15) is 4.31 Å². The van der Waals surface area contributed by atoms with Crippen molar-refractivity contribution in [1.29, 1.82) is 0 Å². The third kappa shape index (κ3) is 3.74. The summed E-state index contributed by atoms with van der Waals surface area (Å²) in [5.74, 6) is -1.31. The number of sulfonamides is 1. The van der Waals surface area contributed by atoms with E-state index >= 15 is 0 Å². The van der Waals surface area contributed by atoms with Gasteiger partial charge in [-0.3, -0.25) is 4.79 Å². The molecule has 0 fully saturated rings. The largest absolute Gasteiger partial charge is 0.369 e. The highest BCUT2D eigenvalue weighted by Crippen LogP contribution is 2.26. The number of nitrogens with two attached hydrogens (primary N) is 1. The Morgan fingerprint density at radius 1 is 1.47 bits per heavy atom. The summed E-state index contributed by atoms with van der Waals surface area (Å²) in [6.45, 7) is 2.82. The zero-order chi connectivity index (χ0) is 14.8. The third-order valence-corrected chi connectivity index (χ3v) is 5.37. The van der Waals surface area contributed by atoms with Crippen LogP contribution in [-0.4, -0.2) is 31.2 Å². The predicted octanol–water partition coefficient (Wildman–Crippen LogP) is 1.47. The second kappa shape index (κ2) is 5.98. The minimum atomic E-state index is -3.92. The Morgan fingerprint density at radius 2 is 2.05 bits per heavy atom. The second-order valence-electron chi connectivity index (χ2n) is 4.19. The van der Waals surface area contributed by atoms with E-state index in [1.165, 1.54) is 0 Å². The van der Waals surface area contributed by atoms with E-state index in [-0.39, 0.29) is 9.37 Å². The highest BCUT2D eigenvalue weighted by molar-refractivity contribution is 9.10. The summed E-state index contributed by atoms with van der Waals surface area (Å²) >= 11 is 3.00. The molecule has 0 saturated carbocycles. The molecule has 0 heterocycles. The summed E-state index contributed by atoms with van der Waals surface area (Å²) in [5, 5.41) is 0. The van der Waals surface area contributed by atoms with Crippen LogP contribution in [0.1, 0.15) is 13.8 Å². The Bertz CT molecular complexity index is 590. The van der Waals surface area contributed by atoms with Crippen LogP contribution in [-0.2, 0) is 14.8 Å². The number of hydrogen-bond acceptors (Lipinski definition) is 3. The first-order valence-electron chi connectivity index (χ1n) is 5.41. The Kier molecular flexibility index (Phi) is 5.05. The van der Waals surface area contributed by atoms with Gasteiger partial charge in [-0.05, 0) is 48.0 Å². The van der Waals surface area contributed by atoms with Crippen molar-refractivity contribution >= 4 is 31.9 Å². The summed E-state index contributed by atoms with van der Waals surface area (Å²) in [4.78, 5) is 10.9. The summed E-state index contributed by atoms with van der Waals surface area (Å²) in [5.41, 5.74) is 5.05. The summed E-state index contributed by atoms with van der Waals surface area (Å²) in [6, 6.07) is 2.79. The fraction of sp³-hybridized carbons (Fsp3) is 0.364. The molecule has 1 aromatic rings. The molecule has 2 N–H and O–H groups in total. The van der Waals surface area contributed by atoms with Gasteiger partial charge < -0.3 is 5.73 Å². The minimum absolute atomic E-state index is 0.0996. The zero-order valence-corrected chi connectivity index (χ0v) is 12.8. The second-order valence-corrected chi connectivity index (χ2v) is 6.90. The van der Waals surface area contributed by atoms with Crippen LogP contribution in [0, 0.1) is 5.82 Å². The van der Waals surface area contributed by atoms with Crippen molar-refractivity contribution in [3.05, 3.63) is 28.5 Å². The molecule has 1 amide bonds. The fourth-order valence-corrected chi connectivity index (χ4v) is 4.12. The zero-order valence-electron chi connectivity index (χ0n) is 10.4. The molecule has 0 aliphatic heterocycles. The first-order valence-corrected chi connectivity index (χ1v) is 7.64. The molecule has 8 heteroatoms. The molecule has 19 heavy (non-hydrogen) atoms. The summed E-state index contributed by atoms with van der Waals surface area (Å²) < 4.78 is 38.9. The van der Waals surface area contributed by atoms with Gasteiger partial charge in [0.25, 0.3) is 0 Å². The van der Waals surface area contributed by atoms with E-state index in [9.17, 15) is 17.6 Å². The molecule has 106 valence electrons. The van der Waals surface area contributed by atoms with Crippen molar-refractivity contribution in [3.8, 4) is 0 Å². The number of carbonyl (C=O) groups is 1. The first kappa shape index (κ1) is 16.1. The first-order chi connectivity index (χ1) is 8.66. The van der Waals surface area contributed by atoms with Gasteiger partial charge in [0.05, 0.1) is 11.4 Å². The maximum atomic E-state index is 13.0. The number of nitrogens with zero attached hydrogens (tertiary/aromatic N) is 1. The van der Waals surface area contributed by atoms with Crippen LogP contribution in [0.25, 0.3) is 0 Å². The lowest BCUT2D eigenvalue weighted by Gasteiger charge is -2.25. The van der Waals surface area contributed by atoms with Crippen LogP contribution >= 0.6 is 15.9 Å². The average Bonchev–Trinajstić information content (AvgIpc) is 2.24. The molecular weight excluding hydrogens is 339 g/mol. The van der Waals surface area contributed by atoms with E-state index in [0.29, 0.717) is 0 Å². The monoisotopic (exact) mass is 352 g/mol. The number of benzene rings is 1. The normalized spacial score (nSPS) is 12.1. The van der Waals surface area contributed by atoms with Crippen LogP contribution in [0.5, 0.6) is 0 Å². The number of carbonyl (C=O) groups excluding carboxylic acids is 1. The Balaban J connectivity index is 3.30. The van der Waals surface area contributed by atoms with Crippen LogP contribution in [0.4, 0.5) is 4.39 Å². The Labute approximate surface area is 119 Å². The van der Waals surface area contributed by atoms with E-state index < -0.39 is 34.3 Å². The van der Waals surface area contributed by atoms with Gasteiger partial charge in [-0.15, -0.1) is 0 Å². The average molecular weight is 353 g/mol. The van der Waals surface area contributed by atoms with E-state index in [0.717, 1.165) is 22.5 Å². The van der Waals surface area contributed by atoms with Crippen molar-refractivity contribution in [2.75, 3.05) is 6.54 Å². The lowest BCUT2D eigenvalue weighted by atomic mass is 10.3. The number of hydrogen-bond donors (Lipinski definition) is 1. The number of primary amides is 1. The van der Waals surface area contributed by atoms with Gasteiger partial charge in [0, 0.05) is 10.5 Å². The van der Waals surface area contributed by atoms with Crippen molar-refractivity contribution in [2.45, 2.75) is 24.8 Å². The highest BCUT2D eigenvalue weighted by Gasteiger charge is 2.30. The minimum Gasteiger partial charge on any atom is -0.369 e. The molecule has 1 rings (SSSR count). The standard InChI is InChI=1S/C11H14BrFN2O3S/c1-7(2)15(6-11(14)16)19(17,18)10-4-3-8(13)5-9(10)12/h3-5,7H,6H2,1-2H3,(H2,14,16). The van der Waals surface area contributed by atoms with Gasteiger partial charge in [0.15, 0.2) is 0 Å². The lowest BCUT2D eigenvalue weighted by molar-refractivity contribution is -0.118. The number of halogens is 2. The van der Waals surface area contributed by atoms with Gasteiger partial charge in [0.2, 0.25) is 15.9 Å². The molecule has 1 aromatic carbocycles. The van der Waals surface area contributed by atoms with E-state index in [2.05, 4.69) is 15.9 Å². The molecule has 0 spiro atoms. The molecule has 0 aliphatic carbocycles.